The molecule has 3 rings (SSSR count). The van der Waals surface area contributed by atoms with Crippen LogP contribution in [0.4, 0.5) is 4.39 Å². The molecule has 128 valence electrons. The van der Waals surface area contributed by atoms with E-state index in [0.717, 1.165) is 6.07 Å². The van der Waals surface area contributed by atoms with E-state index in [1.165, 1.54) is 25.4 Å². The summed E-state index contributed by atoms with van der Waals surface area (Å²) in [7, 11) is 1.51. The lowest BCUT2D eigenvalue weighted by molar-refractivity contribution is -0.136. The molecule has 2 aromatic carbocycles. The molecule has 0 fully saturated rings. The van der Waals surface area contributed by atoms with E-state index in [0.29, 0.717) is 22.0 Å². The number of carboxylic acids is 1. The van der Waals surface area contributed by atoms with Crippen LogP contribution in [0.5, 0.6) is 5.75 Å². The van der Waals surface area contributed by atoms with Crippen LogP contribution in [0, 0.1) is 5.82 Å². The Morgan fingerprint density at radius 3 is 2.68 bits per heavy atom. The Bertz CT molecular complexity index is 1050. The molecule has 0 spiro atoms. The van der Waals surface area contributed by atoms with Crippen molar-refractivity contribution >= 4 is 28.5 Å². The van der Waals surface area contributed by atoms with Crippen molar-refractivity contribution in [1.29, 1.82) is 0 Å². The van der Waals surface area contributed by atoms with Crippen molar-refractivity contribution in [3.63, 3.8) is 0 Å². The molecule has 1 heterocycles. The van der Waals surface area contributed by atoms with Crippen LogP contribution in [0.15, 0.2) is 47.4 Å². The van der Waals surface area contributed by atoms with E-state index in [9.17, 15) is 14.0 Å². The molecular weight excluding hydrogens is 349 g/mol. The smallest absolute Gasteiger partial charge is 0.307 e. The van der Waals surface area contributed by atoms with E-state index in [1.807, 2.05) is 0 Å². The van der Waals surface area contributed by atoms with Crippen molar-refractivity contribution in [3.8, 4) is 11.4 Å². The van der Waals surface area contributed by atoms with Crippen molar-refractivity contribution < 1.29 is 19.0 Å². The van der Waals surface area contributed by atoms with E-state index < -0.39 is 18.2 Å². The molecule has 7 heteroatoms. The summed E-state index contributed by atoms with van der Waals surface area (Å²) in [6.45, 7) is 0. The zero-order chi connectivity index (χ0) is 18.1. The summed E-state index contributed by atoms with van der Waals surface area (Å²) >= 11 is 6.29. The topological polar surface area (TPSA) is 68.5 Å². The maximum atomic E-state index is 14.1. The molecule has 0 saturated heterocycles. The average molecular weight is 362 g/mol. The molecule has 0 amide bonds. The molecule has 0 aliphatic rings. The lowest BCUT2D eigenvalue weighted by atomic mass is 10.1. The Balaban J connectivity index is 2.30. The van der Waals surface area contributed by atoms with Gasteiger partial charge in [0.25, 0.3) is 0 Å². The van der Waals surface area contributed by atoms with Crippen molar-refractivity contribution in [3.05, 3.63) is 69.2 Å². The predicted molar refractivity (Wildman–Crippen MR) is 92.4 cm³/mol. The van der Waals surface area contributed by atoms with Gasteiger partial charge >= 0.3 is 5.97 Å². The zero-order valence-electron chi connectivity index (χ0n) is 13.1. The number of aliphatic carboxylic acids is 1. The van der Waals surface area contributed by atoms with Gasteiger partial charge in [-0.25, -0.2) is 4.39 Å². The average Bonchev–Trinajstić information content (AvgIpc) is 2.56. The van der Waals surface area contributed by atoms with Gasteiger partial charge in [0.15, 0.2) is 5.43 Å². The second kappa shape index (κ2) is 6.57. The molecule has 0 bridgehead atoms. The number of nitrogens with zero attached hydrogens (tertiary/aromatic N) is 1. The Morgan fingerprint density at radius 2 is 2.04 bits per heavy atom. The highest BCUT2D eigenvalue weighted by Crippen LogP contribution is 2.28. The highest BCUT2D eigenvalue weighted by molar-refractivity contribution is 6.32. The fourth-order valence-electron chi connectivity index (χ4n) is 2.63. The second-order valence-corrected chi connectivity index (χ2v) is 5.81. The van der Waals surface area contributed by atoms with Crippen LogP contribution >= 0.6 is 11.6 Å². The quantitative estimate of drug-likeness (QED) is 0.773. The van der Waals surface area contributed by atoms with E-state index in [4.69, 9.17) is 21.4 Å². The van der Waals surface area contributed by atoms with Gasteiger partial charge in [-0.3, -0.25) is 9.59 Å². The van der Waals surface area contributed by atoms with Gasteiger partial charge in [0, 0.05) is 29.3 Å². The summed E-state index contributed by atoms with van der Waals surface area (Å²) in [6.07, 6.45) is 1.03. The first kappa shape index (κ1) is 17.0. The number of carboxylic acid groups (broad SMARTS) is 1. The molecule has 1 aromatic heterocycles. The third-order valence-corrected chi connectivity index (χ3v) is 4.12. The highest BCUT2D eigenvalue weighted by atomic mass is 35.5. The number of methoxy groups -OCH3 is 1. The second-order valence-electron chi connectivity index (χ2n) is 5.40. The lowest BCUT2D eigenvalue weighted by Crippen LogP contribution is -2.10. The van der Waals surface area contributed by atoms with E-state index in [-0.39, 0.29) is 16.4 Å². The number of fused-ring (bicyclic) bond motifs is 1. The number of pyridine rings is 1. The molecule has 0 aliphatic carbocycles. The normalized spacial score (nSPS) is 10.8. The lowest BCUT2D eigenvalue weighted by Gasteiger charge is -2.14. The first-order valence-electron chi connectivity index (χ1n) is 7.30. The molecule has 0 atom stereocenters. The maximum absolute atomic E-state index is 14.1. The molecule has 0 unspecified atom stereocenters. The molecular formula is C18H13ClFNO4. The van der Waals surface area contributed by atoms with Crippen LogP contribution in [-0.4, -0.2) is 22.8 Å². The number of ether oxygens (including phenoxy) is 1. The van der Waals surface area contributed by atoms with Crippen molar-refractivity contribution in [2.24, 2.45) is 0 Å². The number of aromatic nitrogens is 1. The maximum Gasteiger partial charge on any atom is 0.307 e. The summed E-state index contributed by atoms with van der Waals surface area (Å²) < 4.78 is 20.8. The van der Waals surface area contributed by atoms with Crippen molar-refractivity contribution in [2.45, 2.75) is 6.42 Å². The van der Waals surface area contributed by atoms with Crippen LogP contribution in [-0.2, 0) is 11.2 Å². The number of benzene rings is 2. The molecule has 1 N–H and O–H groups in total. The first-order valence-corrected chi connectivity index (χ1v) is 7.68. The Kier molecular flexibility index (Phi) is 4.46. The van der Waals surface area contributed by atoms with Gasteiger partial charge in [0.05, 0.1) is 29.8 Å². The van der Waals surface area contributed by atoms with E-state index in [2.05, 4.69) is 0 Å². The number of hydrogen-bond acceptors (Lipinski definition) is 3. The third-order valence-electron chi connectivity index (χ3n) is 3.82. The highest BCUT2D eigenvalue weighted by Gasteiger charge is 2.14. The largest absolute Gasteiger partial charge is 0.497 e. The van der Waals surface area contributed by atoms with Gasteiger partial charge in [-0.2, -0.15) is 0 Å². The standard InChI is InChI=1S/C18H13ClFNO4/c1-25-11-2-3-15(13(19)8-11)21-5-4-17(22)12-9-14(20)10(6-16(12)21)7-18(23)24/h2-6,8-9H,7H2,1H3,(H,23,24). The fraction of sp³-hybridized carbons (Fsp3) is 0.111. The Morgan fingerprint density at radius 1 is 1.28 bits per heavy atom. The third kappa shape index (κ3) is 3.21. The van der Waals surface area contributed by atoms with Gasteiger partial charge < -0.3 is 14.4 Å². The van der Waals surface area contributed by atoms with Gasteiger partial charge in [-0.1, -0.05) is 11.6 Å². The zero-order valence-corrected chi connectivity index (χ0v) is 13.9. The van der Waals surface area contributed by atoms with Crippen molar-refractivity contribution in [2.75, 3.05) is 7.11 Å². The first-order chi connectivity index (χ1) is 11.9. The molecule has 5 nitrogen and oxygen atoms in total. The summed E-state index contributed by atoms with van der Waals surface area (Å²) in [6, 6.07) is 8.74. The van der Waals surface area contributed by atoms with Crippen LogP contribution in [0.2, 0.25) is 5.02 Å². The number of hydrogen-bond donors (Lipinski definition) is 1. The summed E-state index contributed by atoms with van der Waals surface area (Å²) in [4.78, 5) is 23.0. The number of rotatable bonds is 4. The Labute approximate surface area is 146 Å². The van der Waals surface area contributed by atoms with Gasteiger partial charge in [-0.05, 0) is 24.3 Å². The molecule has 3 aromatic rings. The molecule has 0 radical (unpaired) electrons. The fourth-order valence-corrected chi connectivity index (χ4v) is 2.89. The summed E-state index contributed by atoms with van der Waals surface area (Å²) in [5, 5.41) is 9.44. The minimum Gasteiger partial charge on any atom is -0.497 e. The van der Waals surface area contributed by atoms with Gasteiger partial charge in [-0.15, -0.1) is 0 Å². The Hall–Kier alpha value is -2.86. The minimum absolute atomic E-state index is 0.0102. The van der Waals surface area contributed by atoms with Crippen LogP contribution in [0.25, 0.3) is 16.6 Å². The van der Waals surface area contributed by atoms with Crippen LogP contribution < -0.4 is 10.2 Å². The van der Waals surface area contributed by atoms with Crippen LogP contribution in [0.1, 0.15) is 5.56 Å². The molecule has 0 saturated carbocycles. The monoisotopic (exact) mass is 361 g/mol. The van der Waals surface area contributed by atoms with Crippen LogP contribution in [0.3, 0.4) is 0 Å². The van der Waals surface area contributed by atoms with E-state index >= 15 is 0 Å². The predicted octanol–water partition coefficient (Wildman–Crippen LogP) is 3.42. The summed E-state index contributed by atoms with van der Waals surface area (Å²) in [5.41, 5.74) is 0.554. The SMILES string of the molecule is COc1ccc(-n2ccc(=O)c3cc(F)c(CC(=O)O)cc32)c(Cl)c1. The number of halogens is 2. The van der Waals surface area contributed by atoms with Gasteiger partial charge in [0.2, 0.25) is 0 Å². The molecule has 0 aliphatic heterocycles. The molecule has 25 heavy (non-hydrogen) atoms. The minimum atomic E-state index is -1.16. The summed E-state index contributed by atoms with van der Waals surface area (Å²) in [5.74, 6) is -1.33. The number of carbonyl (C=O) groups is 1. The van der Waals surface area contributed by atoms with E-state index in [1.54, 1.807) is 22.8 Å². The van der Waals surface area contributed by atoms with Gasteiger partial charge in [0.1, 0.15) is 11.6 Å². The van der Waals surface area contributed by atoms with Crippen molar-refractivity contribution in [1.82, 2.24) is 4.57 Å².